The summed E-state index contributed by atoms with van der Waals surface area (Å²) in [4.78, 5) is 9.67. The molecule has 0 saturated heterocycles. The van der Waals surface area contributed by atoms with Gasteiger partial charge in [-0.3, -0.25) is 4.57 Å². The predicted molar refractivity (Wildman–Crippen MR) is 218 cm³/mol. The number of fused-ring (bicyclic) bond motifs is 12. The van der Waals surface area contributed by atoms with Gasteiger partial charge in [-0.1, -0.05) is 109 Å². The van der Waals surface area contributed by atoms with Crippen LogP contribution >= 0.6 is 0 Å². The minimum Gasteiger partial charge on any atom is -0.457 e. The highest BCUT2D eigenvalue weighted by molar-refractivity contribution is 6.09. The lowest BCUT2D eigenvalue weighted by Crippen LogP contribution is -2.37. The number of nitrogens with zero attached hydrogens (tertiary/aromatic N) is 4. The first kappa shape index (κ1) is 29.5. The number of rotatable bonds is 4. The van der Waals surface area contributed by atoms with Crippen molar-refractivity contribution in [2.24, 2.45) is 0 Å². The van der Waals surface area contributed by atoms with Gasteiger partial charge in [0.05, 0.1) is 33.5 Å². The maximum absolute atomic E-state index is 6.86. The zero-order valence-electron chi connectivity index (χ0n) is 29.2. The zero-order chi connectivity index (χ0) is 35.4. The van der Waals surface area contributed by atoms with E-state index in [9.17, 15) is 0 Å². The van der Waals surface area contributed by atoms with E-state index >= 15 is 0 Å². The van der Waals surface area contributed by atoms with Crippen molar-refractivity contribution in [3.05, 3.63) is 204 Å². The van der Waals surface area contributed by atoms with Crippen molar-refractivity contribution in [2.45, 2.75) is 5.41 Å². The Balaban J connectivity index is 1.07. The number of para-hydroxylation sites is 3. The summed E-state index contributed by atoms with van der Waals surface area (Å²) in [5.74, 6) is 2.45. The summed E-state index contributed by atoms with van der Waals surface area (Å²) in [5, 5.41) is 2.35. The van der Waals surface area contributed by atoms with Crippen LogP contribution in [-0.2, 0) is 5.41 Å². The second-order valence-corrected chi connectivity index (χ2v) is 14.3. The Kier molecular flexibility index (Phi) is 5.98. The summed E-state index contributed by atoms with van der Waals surface area (Å²) >= 11 is 0. The number of aromatic nitrogens is 2. The Morgan fingerprint density at radius 1 is 0.481 bits per heavy atom. The molecule has 3 aliphatic rings. The molecule has 0 saturated carbocycles. The van der Waals surface area contributed by atoms with Crippen molar-refractivity contribution < 1.29 is 4.74 Å². The normalized spacial score (nSPS) is 14.3. The molecule has 1 spiro atoms. The Labute approximate surface area is 312 Å². The molecule has 54 heavy (non-hydrogen) atoms. The van der Waals surface area contributed by atoms with Gasteiger partial charge in [-0.25, -0.2) is 4.98 Å². The fourth-order valence-corrected chi connectivity index (χ4v) is 9.61. The first-order chi connectivity index (χ1) is 26.8. The SMILES string of the molecule is c1ccc(N2CN3c4cc(Oc5ccc6c7ccccc7n(-c7ccccn7)c6c5)ccc4C4(c5ccccc5-c5ccccc54)c4cccc2c43)cc1. The highest BCUT2D eigenvalue weighted by Gasteiger charge is 2.53. The molecule has 0 atom stereocenters. The molecule has 0 unspecified atom stereocenters. The number of benzene rings is 7. The number of hydrogen-bond donors (Lipinski definition) is 0. The van der Waals surface area contributed by atoms with Crippen LogP contribution in [-0.4, -0.2) is 16.2 Å². The molecule has 4 heterocycles. The van der Waals surface area contributed by atoms with Gasteiger partial charge in [-0.2, -0.15) is 0 Å². The van der Waals surface area contributed by atoms with Gasteiger partial charge in [0.15, 0.2) is 0 Å². The number of anilines is 4. The third kappa shape index (κ3) is 3.85. The van der Waals surface area contributed by atoms with Crippen LogP contribution in [0.3, 0.4) is 0 Å². The van der Waals surface area contributed by atoms with E-state index in [1.807, 2.05) is 18.3 Å². The first-order valence-corrected chi connectivity index (χ1v) is 18.5. The quantitative estimate of drug-likeness (QED) is 0.184. The first-order valence-electron chi connectivity index (χ1n) is 18.5. The van der Waals surface area contributed by atoms with E-state index in [4.69, 9.17) is 9.72 Å². The smallest absolute Gasteiger partial charge is 0.137 e. The van der Waals surface area contributed by atoms with E-state index in [0.717, 1.165) is 39.4 Å². The molecular formula is C49H32N4O. The van der Waals surface area contributed by atoms with Crippen LogP contribution in [0.15, 0.2) is 182 Å². The molecule has 7 aromatic carbocycles. The summed E-state index contributed by atoms with van der Waals surface area (Å²) < 4.78 is 9.09. The molecule has 0 bridgehead atoms. The lowest BCUT2D eigenvalue weighted by molar-refractivity contribution is 0.482. The average molecular weight is 693 g/mol. The monoisotopic (exact) mass is 692 g/mol. The van der Waals surface area contributed by atoms with Gasteiger partial charge in [-0.15, -0.1) is 0 Å². The molecule has 0 amide bonds. The van der Waals surface area contributed by atoms with Gasteiger partial charge >= 0.3 is 0 Å². The van der Waals surface area contributed by atoms with Crippen LogP contribution in [0.5, 0.6) is 11.5 Å². The van der Waals surface area contributed by atoms with Crippen LogP contribution in [0.25, 0.3) is 38.8 Å². The molecule has 254 valence electrons. The van der Waals surface area contributed by atoms with E-state index < -0.39 is 5.41 Å². The largest absolute Gasteiger partial charge is 0.457 e. The van der Waals surface area contributed by atoms with Crippen LogP contribution in [0.1, 0.15) is 22.3 Å². The maximum Gasteiger partial charge on any atom is 0.137 e. The summed E-state index contributed by atoms with van der Waals surface area (Å²) in [5.41, 5.74) is 14.3. The maximum atomic E-state index is 6.86. The lowest BCUT2D eigenvalue weighted by atomic mass is 9.65. The molecule has 12 rings (SSSR count). The molecule has 0 fully saturated rings. The van der Waals surface area contributed by atoms with Crippen LogP contribution in [0, 0.1) is 0 Å². The summed E-state index contributed by atoms with van der Waals surface area (Å²) in [7, 11) is 0. The highest BCUT2D eigenvalue weighted by Crippen LogP contribution is 2.65. The minimum absolute atomic E-state index is 0.488. The van der Waals surface area contributed by atoms with Crippen molar-refractivity contribution in [2.75, 3.05) is 16.5 Å². The van der Waals surface area contributed by atoms with E-state index in [0.29, 0.717) is 6.67 Å². The van der Waals surface area contributed by atoms with E-state index in [2.05, 4.69) is 178 Å². The van der Waals surface area contributed by atoms with E-state index in [-0.39, 0.29) is 0 Å². The number of pyridine rings is 1. The highest BCUT2D eigenvalue weighted by atomic mass is 16.5. The van der Waals surface area contributed by atoms with Gasteiger partial charge in [-0.05, 0) is 88.0 Å². The molecule has 2 aromatic heterocycles. The molecule has 0 radical (unpaired) electrons. The lowest BCUT2D eigenvalue weighted by Gasteiger charge is -2.43. The Morgan fingerprint density at radius 2 is 1.17 bits per heavy atom. The van der Waals surface area contributed by atoms with Gasteiger partial charge in [0.25, 0.3) is 0 Å². The second kappa shape index (κ2) is 11.0. The van der Waals surface area contributed by atoms with Crippen molar-refractivity contribution in [1.82, 2.24) is 9.55 Å². The van der Waals surface area contributed by atoms with E-state index in [1.165, 1.54) is 55.8 Å². The third-order valence-corrected chi connectivity index (χ3v) is 11.7. The van der Waals surface area contributed by atoms with E-state index in [1.54, 1.807) is 0 Å². The number of ether oxygens (including phenoxy) is 1. The van der Waals surface area contributed by atoms with Crippen LogP contribution in [0.4, 0.5) is 22.7 Å². The van der Waals surface area contributed by atoms with Gasteiger partial charge < -0.3 is 14.5 Å². The van der Waals surface area contributed by atoms with Gasteiger partial charge in [0.2, 0.25) is 0 Å². The Bertz CT molecular complexity index is 2920. The minimum atomic E-state index is -0.488. The molecule has 1 aliphatic carbocycles. The van der Waals surface area contributed by atoms with Crippen LogP contribution in [0.2, 0.25) is 0 Å². The van der Waals surface area contributed by atoms with Gasteiger partial charge in [0.1, 0.15) is 24.0 Å². The predicted octanol–water partition coefficient (Wildman–Crippen LogP) is 11.9. The summed E-state index contributed by atoms with van der Waals surface area (Å²) in [6, 6.07) is 63.2. The summed E-state index contributed by atoms with van der Waals surface area (Å²) in [6.07, 6.45) is 1.85. The third-order valence-electron chi connectivity index (χ3n) is 11.7. The topological polar surface area (TPSA) is 33.5 Å². The van der Waals surface area contributed by atoms with Crippen LogP contribution < -0.4 is 14.5 Å². The molecular weight excluding hydrogens is 661 g/mol. The van der Waals surface area contributed by atoms with Crippen molar-refractivity contribution in [1.29, 1.82) is 0 Å². The average Bonchev–Trinajstić information content (AvgIpc) is 3.88. The van der Waals surface area contributed by atoms with Crippen molar-refractivity contribution >= 4 is 44.6 Å². The molecule has 5 heteroatoms. The Morgan fingerprint density at radius 3 is 1.98 bits per heavy atom. The molecule has 5 nitrogen and oxygen atoms in total. The summed E-state index contributed by atoms with van der Waals surface area (Å²) in [6.45, 7) is 0.697. The Hall–Kier alpha value is -7.11. The fourth-order valence-electron chi connectivity index (χ4n) is 9.61. The second-order valence-electron chi connectivity index (χ2n) is 14.3. The molecule has 9 aromatic rings. The fraction of sp³-hybridized carbons (Fsp3) is 0.0408. The molecule has 2 aliphatic heterocycles. The standard InChI is InChI=1S/C49H32N4O/c1-2-13-32(14-3-1)51-31-52-46-30-34(54-33-24-26-38-37-17-6-9-21-43(37)53(45(38)29-33)47-23-10-11-28-50-47)25-27-41(46)49(42-20-12-22-44(51)48(42)52)39-18-7-4-15-35(39)36-16-5-8-19-40(36)49/h1-30H,31H2. The van der Waals surface area contributed by atoms with Gasteiger partial charge in [0, 0.05) is 34.8 Å². The zero-order valence-corrected chi connectivity index (χ0v) is 29.2. The van der Waals surface area contributed by atoms with Crippen molar-refractivity contribution in [3.8, 4) is 28.4 Å². The molecule has 0 N–H and O–H groups in total. The van der Waals surface area contributed by atoms with Crippen molar-refractivity contribution in [3.63, 3.8) is 0 Å². The number of hydrogen-bond acceptors (Lipinski definition) is 4.